The van der Waals surface area contributed by atoms with Crippen LogP contribution < -0.4 is 14.8 Å². The quantitative estimate of drug-likeness (QED) is 0.390. The second kappa shape index (κ2) is 9.90. The van der Waals surface area contributed by atoms with Gasteiger partial charge in [0.15, 0.2) is 0 Å². The third-order valence-electron chi connectivity index (χ3n) is 5.40. The summed E-state index contributed by atoms with van der Waals surface area (Å²) >= 11 is 0. The van der Waals surface area contributed by atoms with E-state index in [0.29, 0.717) is 12.6 Å². The highest BCUT2D eigenvalue weighted by atomic mass is 16.5. The molecule has 5 heteroatoms. The van der Waals surface area contributed by atoms with Crippen LogP contribution in [0.15, 0.2) is 78.9 Å². The molecule has 0 fully saturated rings. The van der Waals surface area contributed by atoms with Crippen molar-refractivity contribution in [3.8, 4) is 28.4 Å². The van der Waals surface area contributed by atoms with Gasteiger partial charge in [-0.15, -0.1) is 0 Å². The average molecular weight is 431 g/mol. The number of rotatable bonds is 9. The van der Waals surface area contributed by atoms with Crippen LogP contribution in [0.4, 0.5) is 0 Å². The van der Waals surface area contributed by atoms with Crippen molar-refractivity contribution in [3.05, 3.63) is 78.9 Å². The predicted octanol–water partition coefficient (Wildman–Crippen LogP) is 5.04. The minimum Gasteiger partial charge on any atom is -0.497 e. The molecule has 1 heterocycles. The number of fused-ring (bicyclic) bond motifs is 1. The summed E-state index contributed by atoms with van der Waals surface area (Å²) in [5.74, 6) is 1.58. The van der Waals surface area contributed by atoms with E-state index in [2.05, 4.69) is 60.1 Å². The molecule has 0 spiro atoms. The van der Waals surface area contributed by atoms with Crippen molar-refractivity contribution >= 4 is 10.9 Å². The summed E-state index contributed by atoms with van der Waals surface area (Å²) in [6, 6.07) is 26.9. The van der Waals surface area contributed by atoms with Gasteiger partial charge >= 0.3 is 0 Å². The number of ether oxygens (including phenoxy) is 2. The lowest BCUT2D eigenvalue weighted by atomic mass is 10.1. The summed E-state index contributed by atoms with van der Waals surface area (Å²) < 4.78 is 13.6. The third kappa shape index (κ3) is 4.79. The fourth-order valence-electron chi connectivity index (χ4n) is 3.78. The van der Waals surface area contributed by atoms with Gasteiger partial charge in [-0.25, -0.2) is 0 Å². The Morgan fingerprint density at radius 2 is 1.69 bits per heavy atom. The Labute approximate surface area is 189 Å². The molecule has 0 saturated heterocycles. The van der Waals surface area contributed by atoms with E-state index in [1.807, 2.05) is 42.5 Å². The molecule has 5 nitrogen and oxygen atoms in total. The van der Waals surface area contributed by atoms with Crippen molar-refractivity contribution in [2.45, 2.75) is 26.0 Å². The van der Waals surface area contributed by atoms with E-state index in [1.54, 1.807) is 7.11 Å². The molecule has 0 saturated carbocycles. The number of nitrogens with zero attached hydrogens (tertiary/aromatic N) is 1. The Balaban J connectivity index is 1.74. The van der Waals surface area contributed by atoms with Crippen molar-refractivity contribution in [2.75, 3.05) is 20.3 Å². The molecule has 3 aromatic carbocycles. The first-order chi connectivity index (χ1) is 15.6. The standard InChI is InChI=1S/C27H30N2O3/c1-19(2)28-17-22(30)18-32-27-11-7-10-25-24(27)16-26(20-12-14-23(31-3)15-13-20)29(25)21-8-5-4-6-9-21/h4-16,19,22,28,30H,17-18H2,1-3H3. The van der Waals surface area contributed by atoms with Gasteiger partial charge in [-0.3, -0.25) is 0 Å². The van der Waals surface area contributed by atoms with E-state index in [0.717, 1.165) is 39.3 Å². The highest BCUT2D eigenvalue weighted by Crippen LogP contribution is 2.36. The fourth-order valence-corrected chi connectivity index (χ4v) is 3.78. The predicted molar refractivity (Wildman–Crippen MR) is 130 cm³/mol. The molecule has 0 aliphatic rings. The summed E-state index contributed by atoms with van der Waals surface area (Å²) in [5.41, 5.74) is 4.27. The Kier molecular flexibility index (Phi) is 6.78. The highest BCUT2D eigenvalue weighted by molar-refractivity contribution is 5.93. The normalized spacial score (nSPS) is 12.3. The van der Waals surface area contributed by atoms with E-state index >= 15 is 0 Å². The number of hydrogen-bond donors (Lipinski definition) is 2. The molecular formula is C27H30N2O3. The van der Waals surface area contributed by atoms with E-state index < -0.39 is 6.10 Å². The Morgan fingerprint density at radius 3 is 2.38 bits per heavy atom. The molecule has 2 N–H and O–H groups in total. The van der Waals surface area contributed by atoms with Crippen LogP contribution in [0.3, 0.4) is 0 Å². The molecule has 0 amide bonds. The van der Waals surface area contributed by atoms with E-state index in [-0.39, 0.29) is 6.61 Å². The van der Waals surface area contributed by atoms with Gasteiger partial charge in [-0.2, -0.15) is 0 Å². The van der Waals surface area contributed by atoms with Gasteiger partial charge in [0.05, 0.1) is 18.3 Å². The molecule has 0 aliphatic carbocycles. The van der Waals surface area contributed by atoms with Gasteiger partial charge in [-0.05, 0) is 60.2 Å². The number of nitrogens with one attached hydrogen (secondary N) is 1. The molecule has 4 rings (SSSR count). The maximum Gasteiger partial charge on any atom is 0.128 e. The number of hydrogen-bond acceptors (Lipinski definition) is 4. The molecule has 1 aromatic heterocycles. The van der Waals surface area contributed by atoms with Crippen LogP contribution in [0.25, 0.3) is 27.8 Å². The lowest BCUT2D eigenvalue weighted by Crippen LogP contribution is -2.35. The van der Waals surface area contributed by atoms with Crippen molar-refractivity contribution in [1.82, 2.24) is 9.88 Å². The zero-order valence-electron chi connectivity index (χ0n) is 18.8. The number of aliphatic hydroxyl groups excluding tert-OH is 1. The smallest absolute Gasteiger partial charge is 0.128 e. The molecule has 0 aliphatic heterocycles. The van der Waals surface area contributed by atoms with Crippen molar-refractivity contribution in [1.29, 1.82) is 0 Å². The Bertz CT molecular complexity index is 1150. The first-order valence-corrected chi connectivity index (χ1v) is 11.0. The first kappa shape index (κ1) is 21.9. The largest absolute Gasteiger partial charge is 0.497 e. The molecule has 0 radical (unpaired) electrons. The van der Waals surface area contributed by atoms with Gasteiger partial charge < -0.3 is 24.5 Å². The number of aliphatic hydroxyl groups is 1. The summed E-state index contributed by atoms with van der Waals surface area (Å²) in [7, 11) is 1.67. The summed E-state index contributed by atoms with van der Waals surface area (Å²) in [6.45, 7) is 4.84. The van der Waals surface area contributed by atoms with Crippen molar-refractivity contribution < 1.29 is 14.6 Å². The van der Waals surface area contributed by atoms with Gasteiger partial charge in [0.1, 0.15) is 24.2 Å². The molecule has 4 aromatic rings. The number of benzene rings is 3. The van der Waals surface area contributed by atoms with Crippen LogP contribution in [0.2, 0.25) is 0 Å². The van der Waals surface area contributed by atoms with Crippen LogP contribution >= 0.6 is 0 Å². The van der Waals surface area contributed by atoms with Crippen LogP contribution in [0, 0.1) is 0 Å². The second-order valence-electron chi connectivity index (χ2n) is 8.15. The zero-order valence-corrected chi connectivity index (χ0v) is 18.8. The van der Waals surface area contributed by atoms with Gasteiger partial charge in [0, 0.05) is 23.7 Å². The summed E-state index contributed by atoms with van der Waals surface area (Å²) in [4.78, 5) is 0. The fraction of sp³-hybridized carbons (Fsp3) is 0.259. The van der Waals surface area contributed by atoms with Crippen LogP contribution in [0.5, 0.6) is 11.5 Å². The van der Waals surface area contributed by atoms with Gasteiger partial charge in [0.25, 0.3) is 0 Å². The minimum absolute atomic E-state index is 0.229. The van der Waals surface area contributed by atoms with Crippen molar-refractivity contribution in [3.63, 3.8) is 0 Å². The minimum atomic E-state index is -0.579. The second-order valence-corrected chi connectivity index (χ2v) is 8.15. The van der Waals surface area contributed by atoms with E-state index in [9.17, 15) is 5.11 Å². The molecule has 32 heavy (non-hydrogen) atoms. The van der Waals surface area contributed by atoms with Gasteiger partial charge in [-0.1, -0.05) is 38.1 Å². The Hall–Kier alpha value is -3.28. The zero-order chi connectivity index (χ0) is 22.5. The van der Waals surface area contributed by atoms with Gasteiger partial charge in [0.2, 0.25) is 0 Å². The number of aromatic nitrogens is 1. The number of para-hydroxylation sites is 1. The van der Waals surface area contributed by atoms with Crippen LogP contribution in [-0.2, 0) is 0 Å². The highest BCUT2D eigenvalue weighted by Gasteiger charge is 2.16. The molecular weight excluding hydrogens is 400 g/mol. The van der Waals surface area contributed by atoms with Crippen LogP contribution in [0.1, 0.15) is 13.8 Å². The third-order valence-corrected chi connectivity index (χ3v) is 5.40. The lowest BCUT2D eigenvalue weighted by molar-refractivity contribution is 0.105. The maximum atomic E-state index is 10.3. The van der Waals surface area contributed by atoms with E-state index in [1.165, 1.54) is 0 Å². The lowest BCUT2D eigenvalue weighted by Gasteiger charge is -2.15. The molecule has 1 atom stereocenters. The SMILES string of the molecule is COc1ccc(-c2cc3c(OCC(O)CNC(C)C)cccc3n2-c2ccccc2)cc1. The summed E-state index contributed by atoms with van der Waals surface area (Å²) in [5, 5.41) is 14.5. The average Bonchev–Trinajstić information content (AvgIpc) is 3.22. The Morgan fingerprint density at radius 1 is 0.938 bits per heavy atom. The monoisotopic (exact) mass is 430 g/mol. The molecule has 1 unspecified atom stereocenters. The number of methoxy groups -OCH3 is 1. The first-order valence-electron chi connectivity index (χ1n) is 11.0. The molecule has 166 valence electrons. The van der Waals surface area contributed by atoms with Crippen molar-refractivity contribution in [2.24, 2.45) is 0 Å². The summed E-state index contributed by atoms with van der Waals surface area (Å²) in [6.07, 6.45) is -0.579. The molecule has 0 bridgehead atoms. The van der Waals surface area contributed by atoms with Crippen LogP contribution in [-0.4, -0.2) is 42.1 Å². The topological polar surface area (TPSA) is 55.6 Å². The van der Waals surface area contributed by atoms with E-state index in [4.69, 9.17) is 9.47 Å². The maximum absolute atomic E-state index is 10.3.